The lowest BCUT2D eigenvalue weighted by atomic mass is 9.70. The van der Waals surface area contributed by atoms with E-state index in [-0.39, 0.29) is 0 Å². The third-order valence-electron chi connectivity index (χ3n) is 4.48. The molecule has 0 N–H and O–H groups in total. The maximum atomic E-state index is 5.68. The molecule has 120 valence electrons. The molecule has 0 amide bonds. The maximum Gasteiger partial charge on any atom is 0.213 e. The van der Waals surface area contributed by atoms with Gasteiger partial charge in [-0.1, -0.05) is 12.1 Å². The number of ether oxygens (including phenoxy) is 3. The number of pyridine rings is 2. The van der Waals surface area contributed by atoms with Gasteiger partial charge < -0.3 is 14.2 Å². The fourth-order valence-corrected chi connectivity index (χ4v) is 3.16. The molecule has 5 nitrogen and oxygen atoms in total. The van der Waals surface area contributed by atoms with Gasteiger partial charge in [-0.15, -0.1) is 0 Å². The van der Waals surface area contributed by atoms with Gasteiger partial charge in [0.25, 0.3) is 0 Å². The van der Waals surface area contributed by atoms with Gasteiger partial charge in [-0.05, 0) is 25.0 Å². The molecule has 2 aromatic rings. The highest BCUT2D eigenvalue weighted by Gasteiger charge is 2.35. The summed E-state index contributed by atoms with van der Waals surface area (Å²) in [4.78, 5) is 9.34. The fourth-order valence-electron chi connectivity index (χ4n) is 3.16. The second-order valence-corrected chi connectivity index (χ2v) is 5.90. The van der Waals surface area contributed by atoms with E-state index in [2.05, 4.69) is 22.1 Å². The first-order chi connectivity index (χ1) is 11.4. The van der Waals surface area contributed by atoms with E-state index in [4.69, 9.17) is 14.2 Å². The normalized spacial score (nSPS) is 24.0. The van der Waals surface area contributed by atoms with Gasteiger partial charge >= 0.3 is 0 Å². The summed E-state index contributed by atoms with van der Waals surface area (Å²) < 4.78 is 16.9. The molecule has 0 saturated heterocycles. The monoisotopic (exact) mass is 312 g/mol. The van der Waals surface area contributed by atoms with E-state index < -0.39 is 0 Å². The average molecular weight is 312 g/mol. The van der Waals surface area contributed by atoms with E-state index in [0.29, 0.717) is 50.0 Å². The van der Waals surface area contributed by atoms with Crippen LogP contribution in [-0.2, 0) is 4.74 Å². The molecule has 0 unspecified atom stereocenters. The largest absolute Gasteiger partial charge is 0.475 e. The van der Waals surface area contributed by atoms with Gasteiger partial charge in [0, 0.05) is 35.4 Å². The molecular weight excluding hydrogens is 292 g/mol. The summed E-state index contributed by atoms with van der Waals surface area (Å²) in [6, 6.07) is 12.0. The molecule has 4 bridgehead atoms. The molecule has 0 spiro atoms. The number of nitrogens with zero attached hydrogens (tertiary/aromatic N) is 2. The molecule has 4 rings (SSSR count). The van der Waals surface area contributed by atoms with Crippen molar-refractivity contribution in [1.82, 2.24) is 9.97 Å². The van der Waals surface area contributed by atoms with Gasteiger partial charge in [0.2, 0.25) is 11.8 Å². The molecule has 2 aliphatic rings. The summed E-state index contributed by atoms with van der Waals surface area (Å²) in [7, 11) is 0. The van der Waals surface area contributed by atoms with Gasteiger partial charge in [-0.3, -0.25) is 0 Å². The van der Waals surface area contributed by atoms with Crippen molar-refractivity contribution in [3.8, 4) is 11.8 Å². The number of hydrogen-bond donors (Lipinski definition) is 0. The minimum absolute atomic E-state index is 0.405. The molecule has 2 aromatic heterocycles. The lowest BCUT2D eigenvalue weighted by molar-refractivity contribution is 0.0742. The zero-order chi connectivity index (χ0) is 15.5. The van der Waals surface area contributed by atoms with Crippen LogP contribution in [0.25, 0.3) is 0 Å². The van der Waals surface area contributed by atoms with E-state index >= 15 is 0 Å². The van der Waals surface area contributed by atoms with Crippen LogP contribution >= 0.6 is 0 Å². The molecule has 1 aliphatic carbocycles. The van der Waals surface area contributed by atoms with E-state index in [0.717, 1.165) is 24.2 Å². The Labute approximate surface area is 135 Å². The SMILES string of the molecule is c1cc2nc(c1)[C@H]1CC[C@H]1c1cccc(n1)OCCOCCO2. The third-order valence-corrected chi connectivity index (χ3v) is 4.48. The number of fused-ring (bicyclic) bond motifs is 7. The maximum absolute atomic E-state index is 5.68. The molecule has 5 heteroatoms. The van der Waals surface area contributed by atoms with Crippen molar-refractivity contribution in [1.29, 1.82) is 0 Å². The van der Waals surface area contributed by atoms with Crippen LogP contribution in [0.2, 0.25) is 0 Å². The first-order valence-electron chi connectivity index (χ1n) is 8.17. The highest BCUT2D eigenvalue weighted by Crippen LogP contribution is 2.48. The number of rotatable bonds is 0. The van der Waals surface area contributed by atoms with Crippen LogP contribution in [0.3, 0.4) is 0 Å². The highest BCUT2D eigenvalue weighted by atomic mass is 16.5. The quantitative estimate of drug-likeness (QED) is 0.748. The standard InChI is InChI=1S/C18H20N2O3/c1-3-15-13-7-8-14(13)16-4-2-6-18(20-16)23-12-10-21-9-11-22-17(5-1)19-15/h1-6,13-14H,7-12H2/t13-,14+. The molecule has 2 atom stereocenters. The Kier molecular flexibility index (Phi) is 4.11. The first-order valence-corrected chi connectivity index (χ1v) is 8.17. The second kappa shape index (κ2) is 6.54. The molecule has 0 aromatic carbocycles. The van der Waals surface area contributed by atoms with E-state index in [1.807, 2.05) is 24.3 Å². The van der Waals surface area contributed by atoms with Gasteiger partial charge in [0.15, 0.2) is 0 Å². The minimum Gasteiger partial charge on any atom is -0.475 e. The van der Waals surface area contributed by atoms with Crippen molar-refractivity contribution in [2.45, 2.75) is 24.7 Å². The van der Waals surface area contributed by atoms with E-state index in [1.54, 1.807) is 0 Å². The van der Waals surface area contributed by atoms with Crippen LogP contribution in [0.4, 0.5) is 0 Å². The number of aromatic nitrogens is 2. The van der Waals surface area contributed by atoms with Crippen LogP contribution in [0.1, 0.15) is 36.1 Å². The van der Waals surface area contributed by atoms with Crippen molar-refractivity contribution in [3.63, 3.8) is 0 Å². The van der Waals surface area contributed by atoms with Gasteiger partial charge in [0.1, 0.15) is 13.2 Å². The first kappa shape index (κ1) is 14.5. The summed E-state index contributed by atoms with van der Waals surface area (Å²) in [5.41, 5.74) is 2.17. The topological polar surface area (TPSA) is 53.5 Å². The van der Waals surface area contributed by atoms with Gasteiger partial charge in [-0.2, -0.15) is 0 Å². The summed E-state index contributed by atoms with van der Waals surface area (Å²) in [5, 5.41) is 0. The van der Waals surface area contributed by atoms with Crippen molar-refractivity contribution < 1.29 is 14.2 Å². The van der Waals surface area contributed by atoms with Crippen LogP contribution < -0.4 is 9.47 Å². The van der Waals surface area contributed by atoms with E-state index in [1.165, 1.54) is 0 Å². The highest BCUT2D eigenvalue weighted by molar-refractivity contribution is 5.28. The molecule has 3 heterocycles. The second-order valence-electron chi connectivity index (χ2n) is 5.90. The summed E-state index contributed by atoms with van der Waals surface area (Å²) in [6.07, 6.45) is 2.27. The number of hydrogen-bond acceptors (Lipinski definition) is 5. The van der Waals surface area contributed by atoms with Crippen LogP contribution in [0, 0.1) is 0 Å². The Hall–Kier alpha value is -2.14. The Morgan fingerprint density at radius 3 is 1.70 bits per heavy atom. The average Bonchev–Trinajstić information content (AvgIpc) is 2.53. The summed E-state index contributed by atoms with van der Waals surface area (Å²) >= 11 is 0. The van der Waals surface area contributed by atoms with Gasteiger partial charge in [0.05, 0.1) is 13.2 Å². The van der Waals surface area contributed by atoms with Crippen LogP contribution in [-0.4, -0.2) is 36.4 Å². The molecular formula is C18H20N2O3. The van der Waals surface area contributed by atoms with Crippen molar-refractivity contribution in [2.75, 3.05) is 26.4 Å². The Balaban J connectivity index is 1.64. The van der Waals surface area contributed by atoms with E-state index in [9.17, 15) is 0 Å². The predicted molar refractivity (Wildman–Crippen MR) is 85.0 cm³/mol. The van der Waals surface area contributed by atoms with Crippen molar-refractivity contribution in [2.24, 2.45) is 0 Å². The van der Waals surface area contributed by atoms with Crippen molar-refractivity contribution >= 4 is 0 Å². The third kappa shape index (κ3) is 3.15. The molecule has 1 fully saturated rings. The molecule has 1 saturated carbocycles. The Morgan fingerprint density at radius 1 is 0.696 bits per heavy atom. The summed E-state index contributed by atoms with van der Waals surface area (Å²) in [5.74, 6) is 2.15. The lowest BCUT2D eigenvalue weighted by Gasteiger charge is -2.36. The van der Waals surface area contributed by atoms with Crippen molar-refractivity contribution in [3.05, 3.63) is 47.8 Å². The Morgan fingerprint density at radius 2 is 1.22 bits per heavy atom. The van der Waals surface area contributed by atoms with Crippen LogP contribution in [0.15, 0.2) is 36.4 Å². The molecule has 1 aliphatic heterocycles. The van der Waals surface area contributed by atoms with Crippen LogP contribution in [0.5, 0.6) is 11.8 Å². The Bertz CT molecular complexity index is 619. The lowest BCUT2D eigenvalue weighted by Crippen LogP contribution is -2.24. The molecule has 0 radical (unpaired) electrons. The zero-order valence-electron chi connectivity index (χ0n) is 13.0. The smallest absolute Gasteiger partial charge is 0.213 e. The zero-order valence-corrected chi connectivity index (χ0v) is 13.0. The fraction of sp³-hybridized carbons (Fsp3) is 0.444. The van der Waals surface area contributed by atoms with Gasteiger partial charge in [-0.25, -0.2) is 9.97 Å². The molecule has 23 heavy (non-hydrogen) atoms. The summed E-state index contributed by atoms with van der Waals surface area (Å²) in [6.45, 7) is 2.04. The minimum atomic E-state index is 0.405. The predicted octanol–water partition coefficient (Wildman–Crippen LogP) is 2.93.